The van der Waals surface area contributed by atoms with Gasteiger partial charge in [-0.1, -0.05) is 0 Å². The van der Waals surface area contributed by atoms with Gasteiger partial charge in [-0.15, -0.1) is 0 Å². The van der Waals surface area contributed by atoms with Gasteiger partial charge >= 0.3 is 6.09 Å². The molecular formula is C14H20ClN3O3. The summed E-state index contributed by atoms with van der Waals surface area (Å²) >= 11 is 5.71. The third kappa shape index (κ3) is 4.74. The highest BCUT2D eigenvalue weighted by Gasteiger charge is 2.32. The summed E-state index contributed by atoms with van der Waals surface area (Å²) in [5, 5.41) is 0.142. The quantitative estimate of drug-likeness (QED) is 0.803. The maximum absolute atomic E-state index is 12.1. The minimum absolute atomic E-state index is 0.00593. The number of ether oxygens (including phenoxy) is 2. The molecule has 1 atom stereocenters. The van der Waals surface area contributed by atoms with Gasteiger partial charge in [-0.3, -0.25) is 0 Å². The number of halogens is 1. The van der Waals surface area contributed by atoms with Crippen LogP contribution in [0.5, 0.6) is 5.88 Å². The Kier molecular flexibility index (Phi) is 4.88. The number of carbonyl (C=O) groups excluding carboxylic acids is 1. The minimum Gasteiger partial charge on any atom is -0.475 e. The highest BCUT2D eigenvalue weighted by Crippen LogP contribution is 2.21. The van der Waals surface area contributed by atoms with Crippen LogP contribution in [0.4, 0.5) is 4.79 Å². The predicted octanol–water partition coefficient (Wildman–Crippen LogP) is 2.91. The van der Waals surface area contributed by atoms with Crippen molar-refractivity contribution in [3.63, 3.8) is 0 Å². The second-order valence-electron chi connectivity index (χ2n) is 5.94. The van der Waals surface area contributed by atoms with Gasteiger partial charge in [0.2, 0.25) is 11.2 Å². The minimum atomic E-state index is -0.495. The summed E-state index contributed by atoms with van der Waals surface area (Å²) in [4.78, 5) is 21.6. The third-order valence-electron chi connectivity index (χ3n) is 3.03. The Labute approximate surface area is 129 Å². The molecule has 1 aliphatic heterocycles. The molecule has 0 aromatic carbocycles. The molecule has 1 aliphatic rings. The van der Waals surface area contributed by atoms with E-state index in [-0.39, 0.29) is 17.4 Å². The molecule has 6 nitrogen and oxygen atoms in total. The molecule has 2 heterocycles. The molecule has 0 N–H and O–H groups in total. The van der Waals surface area contributed by atoms with Gasteiger partial charge in [0.25, 0.3) is 0 Å². The fraction of sp³-hybridized carbons (Fsp3) is 0.643. The van der Waals surface area contributed by atoms with Crippen molar-refractivity contribution in [2.75, 3.05) is 13.2 Å². The highest BCUT2D eigenvalue weighted by molar-refractivity contribution is 6.28. The molecule has 0 radical (unpaired) electrons. The highest BCUT2D eigenvalue weighted by atomic mass is 35.5. The lowest BCUT2D eigenvalue weighted by Crippen LogP contribution is -2.42. The molecule has 0 saturated carbocycles. The lowest BCUT2D eigenvalue weighted by atomic mass is 10.2. The van der Waals surface area contributed by atoms with E-state index in [1.165, 1.54) is 6.20 Å². The Morgan fingerprint density at radius 1 is 1.52 bits per heavy atom. The number of amides is 1. The van der Waals surface area contributed by atoms with E-state index in [0.717, 1.165) is 12.8 Å². The number of carbonyl (C=O) groups is 1. The van der Waals surface area contributed by atoms with E-state index in [4.69, 9.17) is 21.1 Å². The number of rotatable bonds is 3. The summed E-state index contributed by atoms with van der Waals surface area (Å²) in [6.45, 7) is 6.63. The molecule has 116 valence electrons. The monoisotopic (exact) mass is 313 g/mol. The van der Waals surface area contributed by atoms with Gasteiger partial charge in [-0.25, -0.2) is 9.78 Å². The van der Waals surface area contributed by atoms with Gasteiger partial charge in [0, 0.05) is 18.8 Å². The largest absolute Gasteiger partial charge is 0.475 e. The zero-order valence-corrected chi connectivity index (χ0v) is 13.3. The van der Waals surface area contributed by atoms with Gasteiger partial charge < -0.3 is 14.4 Å². The van der Waals surface area contributed by atoms with E-state index < -0.39 is 5.60 Å². The first-order valence-corrected chi connectivity index (χ1v) is 7.34. The first kappa shape index (κ1) is 15.8. The first-order valence-electron chi connectivity index (χ1n) is 6.96. The molecule has 0 spiro atoms. The van der Waals surface area contributed by atoms with Crippen molar-refractivity contribution in [2.45, 2.75) is 45.3 Å². The average Bonchev–Trinajstić information content (AvgIpc) is 2.83. The summed E-state index contributed by atoms with van der Waals surface area (Å²) in [5.41, 5.74) is -0.495. The third-order valence-corrected chi connectivity index (χ3v) is 3.21. The van der Waals surface area contributed by atoms with Crippen molar-refractivity contribution in [3.05, 3.63) is 17.5 Å². The van der Waals surface area contributed by atoms with E-state index in [0.29, 0.717) is 19.0 Å². The summed E-state index contributed by atoms with van der Waals surface area (Å²) in [6, 6.07) is 1.63. The van der Waals surface area contributed by atoms with Crippen LogP contribution in [0.25, 0.3) is 0 Å². The Balaban J connectivity index is 1.91. The Hall–Kier alpha value is -1.56. The van der Waals surface area contributed by atoms with Crippen molar-refractivity contribution in [2.24, 2.45) is 0 Å². The van der Waals surface area contributed by atoms with Crippen LogP contribution in [0.3, 0.4) is 0 Å². The SMILES string of the molecule is CC(C)(C)OC(=O)N1CCCC1COc1ccnc(Cl)n1. The fourth-order valence-corrected chi connectivity index (χ4v) is 2.29. The van der Waals surface area contributed by atoms with E-state index in [2.05, 4.69) is 9.97 Å². The van der Waals surface area contributed by atoms with E-state index >= 15 is 0 Å². The number of hydrogen-bond acceptors (Lipinski definition) is 5. The van der Waals surface area contributed by atoms with Crippen LogP contribution >= 0.6 is 11.6 Å². The molecule has 7 heteroatoms. The fourth-order valence-electron chi connectivity index (χ4n) is 2.15. The van der Waals surface area contributed by atoms with Crippen molar-refractivity contribution in [1.29, 1.82) is 0 Å². The van der Waals surface area contributed by atoms with Gasteiger partial charge in [-0.05, 0) is 45.2 Å². The smallest absolute Gasteiger partial charge is 0.410 e. The van der Waals surface area contributed by atoms with Crippen LogP contribution in [-0.2, 0) is 4.74 Å². The Bertz CT molecular complexity index is 504. The number of hydrogen-bond donors (Lipinski definition) is 0. The van der Waals surface area contributed by atoms with Crippen LogP contribution in [-0.4, -0.2) is 45.8 Å². The van der Waals surface area contributed by atoms with Gasteiger partial charge in [0.15, 0.2) is 0 Å². The van der Waals surface area contributed by atoms with E-state index in [1.54, 1.807) is 11.0 Å². The van der Waals surface area contributed by atoms with Crippen molar-refractivity contribution in [1.82, 2.24) is 14.9 Å². The van der Waals surface area contributed by atoms with Gasteiger partial charge in [0.1, 0.15) is 12.2 Å². The number of aromatic nitrogens is 2. The van der Waals surface area contributed by atoms with E-state index in [9.17, 15) is 4.79 Å². The van der Waals surface area contributed by atoms with Crippen LogP contribution in [0, 0.1) is 0 Å². The van der Waals surface area contributed by atoms with Crippen LogP contribution in [0.1, 0.15) is 33.6 Å². The summed E-state index contributed by atoms with van der Waals surface area (Å²) in [5.74, 6) is 0.408. The molecule has 0 aliphatic carbocycles. The zero-order valence-electron chi connectivity index (χ0n) is 12.5. The molecule has 21 heavy (non-hydrogen) atoms. The Morgan fingerprint density at radius 2 is 2.29 bits per heavy atom. The van der Waals surface area contributed by atoms with Crippen molar-refractivity contribution in [3.8, 4) is 5.88 Å². The molecule has 0 bridgehead atoms. The van der Waals surface area contributed by atoms with E-state index in [1.807, 2.05) is 20.8 Å². The summed E-state index contributed by atoms with van der Waals surface area (Å²) in [7, 11) is 0. The maximum Gasteiger partial charge on any atom is 0.410 e. The van der Waals surface area contributed by atoms with Gasteiger partial charge in [0.05, 0.1) is 6.04 Å². The molecule has 2 rings (SSSR count). The number of likely N-dealkylation sites (tertiary alicyclic amines) is 1. The lowest BCUT2D eigenvalue weighted by Gasteiger charge is -2.28. The maximum atomic E-state index is 12.1. The molecule has 1 aromatic rings. The topological polar surface area (TPSA) is 64.5 Å². The number of nitrogens with zero attached hydrogens (tertiary/aromatic N) is 3. The normalized spacial score (nSPS) is 18.7. The zero-order chi connectivity index (χ0) is 15.5. The van der Waals surface area contributed by atoms with Crippen LogP contribution < -0.4 is 4.74 Å². The average molecular weight is 314 g/mol. The summed E-state index contributed by atoms with van der Waals surface area (Å²) in [6.07, 6.45) is 3.06. The van der Waals surface area contributed by atoms with Gasteiger partial charge in [-0.2, -0.15) is 4.98 Å². The van der Waals surface area contributed by atoms with Crippen LogP contribution in [0.15, 0.2) is 12.3 Å². The van der Waals surface area contributed by atoms with Crippen molar-refractivity contribution < 1.29 is 14.3 Å². The molecule has 1 fully saturated rings. The van der Waals surface area contributed by atoms with Crippen LogP contribution in [0.2, 0.25) is 5.28 Å². The standard InChI is InChI=1S/C14H20ClN3O3/c1-14(2,3)21-13(19)18-8-4-5-10(18)9-20-11-6-7-16-12(15)17-11/h6-7,10H,4-5,8-9H2,1-3H3. The lowest BCUT2D eigenvalue weighted by molar-refractivity contribution is 0.0185. The molecule has 1 saturated heterocycles. The molecule has 1 aromatic heterocycles. The predicted molar refractivity (Wildman–Crippen MR) is 78.5 cm³/mol. The first-order chi connectivity index (χ1) is 9.85. The second kappa shape index (κ2) is 6.47. The summed E-state index contributed by atoms with van der Waals surface area (Å²) < 4.78 is 11.0. The molecule has 1 amide bonds. The second-order valence-corrected chi connectivity index (χ2v) is 6.28. The molecular weight excluding hydrogens is 294 g/mol. The molecule has 1 unspecified atom stereocenters. The Morgan fingerprint density at radius 3 is 2.95 bits per heavy atom. The van der Waals surface area contributed by atoms with Crippen molar-refractivity contribution >= 4 is 17.7 Å².